The number of hydrogen-bond donors (Lipinski definition) is 0. The van der Waals surface area contributed by atoms with Gasteiger partial charge in [-0.15, -0.1) is 0 Å². The third kappa shape index (κ3) is 5.86. The van der Waals surface area contributed by atoms with Crippen LogP contribution in [0.25, 0.3) is 0 Å². The summed E-state index contributed by atoms with van der Waals surface area (Å²) in [6.07, 6.45) is 4.79. The molecule has 0 aromatic carbocycles. The third-order valence-electron chi connectivity index (χ3n) is 1.03. The lowest BCUT2D eigenvalue weighted by Gasteiger charge is -1.94. The van der Waals surface area contributed by atoms with Crippen molar-refractivity contribution in [3.63, 3.8) is 0 Å². The van der Waals surface area contributed by atoms with Gasteiger partial charge in [-0.2, -0.15) is 0 Å². The van der Waals surface area contributed by atoms with Gasteiger partial charge in [-0.25, -0.2) is 0 Å². The van der Waals surface area contributed by atoms with Gasteiger partial charge in [-0.05, 0) is 11.6 Å². The summed E-state index contributed by atoms with van der Waals surface area (Å²) in [5, 5.41) is 0. The number of aromatic nitrogens is 1. The van der Waals surface area contributed by atoms with E-state index in [4.69, 9.17) is 4.74 Å². The number of nitrogens with zero attached hydrogens (tertiary/aromatic N) is 1. The molecular weight excluding hydrogens is 150 g/mol. The fourth-order valence-corrected chi connectivity index (χ4v) is 0.650. The van der Waals surface area contributed by atoms with Gasteiger partial charge in [-0.3, -0.25) is 4.98 Å². The molecule has 0 radical (unpaired) electrons. The van der Waals surface area contributed by atoms with Crippen molar-refractivity contribution < 1.29 is 4.74 Å². The van der Waals surface area contributed by atoms with Crippen molar-refractivity contribution in [1.29, 1.82) is 0 Å². The largest absolute Gasteiger partial charge is 0.380 e. The van der Waals surface area contributed by atoms with Crippen LogP contribution < -0.4 is 0 Å². The van der Waals surface area contributed by atoms with E-state index in [1.165, 1.54) is 6.42 Å². The summed E-state index contributed by atoms with van der Waals surface area (Å²) >= 11 is 0. The van der Waals surface area contributed by atoms with E-state index in [1.54, 1.807) is 19.5 Å². The first-order valence-corrected chi connectivity index (χ1v) is 4.23. The van der Waals surface area contributed by atoms with Gasteiger partial charge in [0.2, 0.25) is 0 Å². The molecule has 2 nitrogen and oxygen atoms in total. The molecule has 0 aliphatic heterocycles. The maximum atomic E-state index is 4.89. The lowest BCUT2D eigenvalue weighted by atomic mass is 10.3. The van der Waals surface area contributed by atoms with Gasteiger partial charge in [0.1, 0.15) is 0 Å². The molecule has 0 spiro atoms. The zero-order valence-electron chi connectivity index (χ0n) is 8.08. The molecule has 0 fully saturated rings. The summed E-state index contributed by atoms with van der Waals surface area (Å²) in [6, 6.07) is 3.88. The molecule has 0 atom stereocenters. The van der Waals surface area contributed by atoms with E-state index in [9.17, 15) is 0 Å². The van der Waals surface area contributed by atoms with Gasteiger partial charge in [0.05, 0.1) is 6.61 Å². The van der Waals surface area contributed by atoms with Crippen LogP contribution in [0.3, 0.4) is 0 Å². The zero-order valence-corrected chi connectivity index (χ0v) is 8.08. The lowest BCUT2D eigenvalue weighted by Crippen LogP contribution is -1.86. The zero-order chi connectivity index (χ0) is 9.23. The molecular formula is C10H17NO. The molecule has 0 N–H and O–H groups in total. The highest BCUT2D eigenvalue weighted by molar-refractivity contribution is 5.06. The van der Waals surface area contributed by atoms with Crippen molar-refractivity contribution in [2.75, 3.05) is 7.11 Å². The van der Waals surface area contributed by atoms with E-state index < -0.39 is 0 Å². The van der Waals surface area contributed by atoms with Gasteiger partial charge in [0.25, 0.3) is 0 Å². The fourth-order valence-electron chi connectivity index (χ4n) is 0.650. The standard InChI is InChI=1S/C7H9NO.C3H8/c1-9-6-7-3-2-4-8-5-7;1-3-2/h2-5H,6H2,1H3;3H2,1-2H3. The Kier molecular flexibility index (Phi) is 7.60. The van der Waals surface area contributed by atoms with E-state index in [0.29, 0.717) is 6.61 Å². The van der Waals surface area contributed by atoms with E-state index >= 15 is 0 Å². The summed E-state index contributed by atoms with van der Waals surface area (Å²) in [5.41, 5.74) is 1.11. The van der Waals surface area contributed by atoms with Crippen LogP contribution in [-0.2, 0) is 11.3 Å². The summed E-state index contributed by atoms with van der Waals surface area (Å²) in [7, 11) is 1.67. The van der Waals surface area contributed by atoms with Crippen molar-refractivity contribution in [3.05, 3.63) is 30.1 Å². The second kappa shape index (κ2) is 8.21. The maximum Gasteiger partial charge on any atom is 0.0728 e. The Balaban J connectivity index is 0.000000354. The van der Waals surface area contributed by atoms with Crippen LogP contribution in [-0.4, -0.2) is 12.1 Å². The molecule has 2 heteroatoms. The van der Waals surface area contributed by atoms with E-state index in [-0.39, 0.29) is 0 Å². The van der Waals surface area contributed by atoms with Crippen LogP contribution in [0.15, 0.2) is 24.5 Å². The predicted octanol–water partition coefficient (Wildman–Crippen LogP) is 2.64. The number of pyridine rings is 1. The van der Waals surface area contributed by atoms with Crippen molar-refractivity contribution >= 4 is 0 Å². The van der Waals surface area contributed by atoms with Gasteiger partial charge in [0, 0.05) is 19.5 Å². The topological polar surface area (TPSA) is 22.1 Å². The summed E-state index contributed by atoms with van der Waals surface area (Å²) in [5.74, 6) is 0. The maximum absolute atomic E-state index is 4.89. The lowest BCUT2D eigenvalue weighted by molar-refractivity contribution is 0.184. The molecule has 0 bridgehead atoms. The number of hydrogen-bond acceptors (Lipinski definition) is 2. The quantitative estimate of drug-likeness (QED) is 0.675. The van der Waals surface area contributed by atoms with Crippen molar-refractivity contribution in [3.8, 4) is 0 Å². The predicted molar refractivity (Wildman–Crippen MR) is 50.9 cm³/mol. The van der Waals surface area contributed by atoms with E-state index in [2.05, 4.69) is 18.8 Å². The minimum Gasteiger partial charge on any atom is -0.380 e. The summed E-state index contributed by atoms with van der Waals surface area (Å²) in [6.45, 7) is 4.90. The van der Waals surface area contributed by atoms with Crippen LogP contribution >= 0.6 is 0 Å². The Morgan fingerprint density at radius 3 is 2.50 bits per heavy atom. The van der Waals surface area contributed by atoms with Crippen LogP contribution in [0.5, 0.6) is 0 Å². The Bertz CT molecular complexity index is 174. The normalized spacial score (nSPS) is 8.58. The van der Waals surface area contributed by atoms with E-state index in [1.807, 2.05) is 12.1 Å². The molecule has 0 unspecified atom stereocenters. The molecule has 68 valence electrons. The average Bonchev–Trinajstić information content (AvgIpc) is 2.08. The Morgan fingerprint density at radius 2 is 2.08 bits per heavy atom. The average molecular weight is 167 g/mol. The third-order valence-corrected chi connectivity index (χ3v) is 1.03. The van der Waals surface area contributed by atoms with Gasteiger partial charge in [0.15, 0.2) is 0 Å². The smallest absolute Gasteiger partial charge is 0.0728 e. The molecule has 1 aromatic rings. The minimum absolute atomic E-state index is 0.647. The highest BCUT2D eigenvalue weighted by Gasteiger charge is 1.85. The van der Waals surface area contributed by atoms with Gasteiger partial charge in [-0.1, -0.05) is 26.3 Å². The Morgan fingerprint density at radius 1 is 1.42 bits per heavy atom. The summed E-state index contributed by atoms with van der Waals surface area (Å²) in [4.78, 5) is 3.92. The first kappa shape index (κ1) is 11.1. The fraction of sp³-hybridized carbons (Fsp3) is 0.500. The molecule has 0 aliphatic rings. The Hall–Kier alpha value is -0.890. The highest BCUT2D eigenvalue weighted by Crippen LogP contribution is 1.95. The number of rotatable bonds is 2. The molecule has 0 aliphatic carbocycles. The van der Waals surface area contributed by atoms with Gasteiger partial charge >= 0.3 is 0 Å². The number of methoxy groups -OCH3 is 1. The molecule has 1 heterocycles. The highest BCUT2D eigenvalue weighted by atomic mass is 16.5. The second-order valence-electron chi connectivity index (χ2n) is 2.50. The van der Waals surface area contributed by atoms with Crippen molar-refractivity contribution in [2.45, 2.75) is 26.9 Å². The monoisotopic (exact) mass is 167 g/mol. The first-order valence-electron chi connectivity index (χ1n) is 4.23. The van der Waals surface area contributed by atoms with Gasteiger partial charge < -0.3 is 4.74 Å². The van der Waals surface area contributed by atoms with E-state index in [0.717, 1.165) is 5.56 Å². The second-order valence-corrected chi connectivity index (χ2v) is 2.50. The van der Waals surface area contributed by atoms with Crippen molar-refractivity contribution in [1.82, 2.24) is 4.98 Å². The molecule has 1 aromatic heterocycles. The molecule has 12 heavy (non-hydrogen) atoms. The summed E-state index contributed by atoms with van der Waals surface area (Å²) < 4.78 is 4.89. The molecule has 0 amide bonds. The molecule has 0 saturated carbocycles. The van der Waals surface area contributed by atoms with Crippen LogP contribution in [0, 0.1) is 0 Å². The minimum atomic E-state index is 0.647. The first-order chi connectivity index (χ1) is 5.85. The van der Waals surface area contributed by atoms with Crippen LogP contribution in [0.1, 0.15) is 25.8 Å². The van der Waals surface area contributed by atoms with Crippen LogP contribution in [0.4, 0.5) is 0 Å². The Labute approximate surface area is 74.6 Å². The molecule has 1 rings (SSSR count). The van der Waals surface area contributed by atoms with Crippen molar-refractivity contribution in [2.24, 2.45) is 0 Å². The molecule has 0 saturated heterocycles. The van der Waals surface area contributed by atoms with Crippen LogP contribution in [0.2, 0.25) is 0 Å². The SMILES string of the molecule is CCC.COCc1cccnc1. The number of ether oxygens (including phenoxy) is 1.